The molecule has 0 radical (unpaired) electrons. The molecule has 0 spiro atoms. The van der Waals surface area contributed by atoms with Gasteiger partial charge in [-0.2, -0.15) is 4.98 Å². The quantitative estimate of drug-likeness (QED) is 0.673. The van der Waals surface area contributed by atoms with Gasteiger partial charge in [-0.05, 0) is 34.1 Å². The molecule has 0 saturated carbocycles. The maximum Gasteiger partial charge on any atom is 0.239 e. The number of nitrogens with two attached hydrogens (primary N) is 1. The van der Waals surface area contributed by atoms with E-state index in [1.165, 1.54) is 12.1 Å². The second-order valence-electron chi connectivity index (χ2n) is 3.55. The van der Waals surface area contributed by atoms with E-state index in [0.29, 0.717) is 16.0 Å². The zero-order valence-electron chi connectivity index (χ0n) is 9.56. The van der Waals surface area contributed by atoms with Crippen molar-refractivity contribution in [3.8, 4) is 0 Å². The number of hydrazine groups is 1. The van der Waals surface area contributed by atoms with Crippen molar-refractivity contribution in [2.45, 2.75) is 0 Å². The fourth-order valence-electron chi connectivity index (χ4n) is 1.47. The third-order valence-electron chi connectivity index (χ3n) is 2.37. The lowest BCUT2D eigenvalue weighted by Crippen LogP contribution is -2.16. The Morgan fingerprint density at radius 2 is 2.22 bits per heavy atom. The van der Waals surface area contributed by atoms with E-state index in [4.69, 9.17) is 5.84 Å². The number of benzene rings is 1. The number of nitrogens with one attached hydrogen (secondary N) is 1. The Labute approximate surface area is 112 Å². The van der Waals surface area contributed by atoms with Crippen molar-refractivity contribution in [3.63, 3.8) is 0 Å². The molecule has 0 bridgehead atoms. The van der Waals surface area contributed by atoms with E-state index in [1.54, 1.807) is 30.3 Å². The monoisotopic (exact) mass is 311 g/mol. The van der Waals surface area contributed by atoms with Gasteiger partial charge in [-0.1, -0.05) is 6.07 Å². The lowest BCUT2D eigenvalue weighted by Gasteiger charge is -2.19. The van der Waals surface area contributed by atoms with E-state index in [-0.39, 0.29) is 11.8 Å². The van der Waals surface area contributed by atoms with Crippen LogP contribution in [-0.4, -0.2) is 17.0 Å². The van der Waals surface area contributed by atoms with E-state index in [0.717, 1.165) is 0 Å². The third-order valence-corrected chi connectivity index (χ3v) is 2.93. The molecule has 3 N–H and O–H groups in total. The highest BCUT2D eigenvalue weighted by molar-refractivity contribution is 9.10. The van der Waals surface area contributed by atoms with Gasteiger partial charge in [0.2, 0.25) is 5.95 Å². The molecule has 0 atom stereocenters. The Hall–Kier alpha value is -1.73. The molecule has 1 heterocycles. The summed E-state index contributed by atoms with van der Waals surface area (Å²) < 4.78 is 13.9. The van der Waals surface area contributed by atoms with Crippen molar-refractivity contribution in [1.82, 2.24) is 9.97 Å². The molecule has 0 amide bonds. The molecular weight excluding hydrogens is 301 g/mol. The van der Waals surface area contributed by atoms with Crippen LogP contribution in [0.25, 0.3) is 0 Å². The summed E-state index contributed by atoms with van der Waals surface area (Å²) in [6.45, 7) is 0. The van der Waals surface area contributed by atoms with Gasteiger partial charge in [-0.3, -0.25) is 5.43 Å². The van der Waals surface area contributed by atoms with E-state index < -0.39 is 0 Å². The Bertz CT molecular complexity index is 563. The summed E-state index contributed by atoms with van der Waals surface area (Å²) in [6, 6.07) is 6.23. The van der Waals surface area contributed by atoms with Gasteiger partial charge >= 0.3 is 0 Å². The largest absolute Gasteiger partial charge is 0.328 e. The van der Waals surface area contributed by atoms with Gasteiger partial charge in [0.15, 0.2) is 5.82 Å². The maximum atomic E-state index is 13.2. The first-order chi connectivity index (χ1) is 8.61. The summed E-state index contributed by atoms with van der Waals surface area (Å²) in [5.41, 5.74) is 3.05. The standard InChI is InChI=1S/C11H11BrFN5/c1-18(8-4-2-3-7(13)5-8)10-9(12)6-15-11(16-10)17-14/h2-6H,14H2,1H3,(H,15,16,17). The number of nitrogen functional groups attached to an aromatic ring is 1. The number of anilines is 3. The molecule has 0 fully saturated rings. The van der Waals surface area contributed by atoms with Gasteiger partial charge in [0.1, 0.15) is 5.82 Å². The zero-order chi connectivity index (χ0) is 13.1. The number of rotatable bonds is 3. The normalized spacial score (nSPS) is 10.2. The average Bonchev–Trinajstić information content (AvgIpc) is 2.38. The van der Waals surface area contributed by atoms with Crippen molar-refractivity contribution >= 4 is 33.4 Å². The molecule has 0 aliphatic carbocycles. The van der Waals surface area contributed by atoms with Gasteiger partial charge < -0.3 is 4.90 Å². The van der Waals surface area contributed by atoms with E-state index in [1.807, 2.05) is 0 Å². The molecule has 0 unspecified atom stereocenters. The molecule has 0 aliphatic heterocycles. The summed E-state index contributed by atoms with van der Waals surface area (Å²) in [6.07, 6.45) is 1.58. The van der Waals surface area contributed by atoms with Crippen LogP contribution in [0.15, 0.2) is 34.9 Å². The predicted octanol–water partition coefficient (Wildman–Crippen LogP) is 2.43. The van der Waals surface area contributed by atoms with Crippen LogP contribution >= 0.6 is 15.9 Å². The lowest BCUT2D eigenvalue weighted by atomic mass is 10.3. The van der Waals surface area contributed by atoms with Gasteiger partial charge in [-0.15, -0.1) is 0 Å². The number of halogens is 2. The Balaban J connectivity index is 2.41. The van der Waals surface area contributed by atoms with Gasteiger partial charge in [-0.25, -0.2) is 15.2 Å². The first-order valence-corrected chi connectivity index (χ1v) is 5.89. The molecular formula is C11H11BrFN5. The van der Waals surface area contributed by atoms with Crippen LogP contribution in [0.2, 0.25) is 0 Å². The fourth-order valence-corrected chi connectivity index (χ4v) is 1.93. The third kappa shape index (κ3) is 2.57. The fraction of sp³-hybridized carbons (Fsp3) is 0.0909. The van der Waals surface area contributed by atoms with Crippen LogP contribution in [0.4, 0.5) is 21.8 Å². The van der Waals surface area contributed by atoms with E-state index in [2.05, 4.69) is 31.3 Å². The van der Waals surface area contributed by atoms with Crippen molar-refractivity contribution < 1.29 is 4.39 Å². The van der Waals surface area contributed by atoms with Gasteiger partial charge in [0.25, 0.3) is 0 Å². The Morgan fingerprint density at radius 1 is 1.44 bits per heavy atom. The minimum Gasteiger partial charge on any atom is -0.328 e. The van der Waals surface area contributed by atoms with Crippen molar-refractivity contribution in [2.24, 2.45) is 5.84 Å². The molecule has 5 nitrogen and oxygen atoms in total. The molecule has 1 aromatic carbocycles. The number of hydrogen-bond donors (Lipinski definition) is 2. The highest BCUT2D eigenvalue weighted by atomic mass is 79.9. The first kappa shape index (κ1) is 12.7. The average molecular weight is 312 g/mol. The topological polar surface area (TPSA) is 67.1 Å². The first-order valence-electron chi connectivity index (χ1n) is 5.10. The number of hydrogen-bond acceptors (Lipinski definition) is 5. The van der Waals surface area contributed by atoms with E-state index >= 15 is 0 Å². The van der Waals surface area contributed by atoms with Crippen LogP contribution in [-0.2, 0) is 0 Å². The number of aromatic nitrogens is 2. The van der Waals surface area contributed by atoms with Crippen molar-refractivity contribution in [2.75, 3.05) is 17.4 Å². The second kappa shape index (κ2) is 5.28. The summed E-state index contributed by atoms with van der Waals surface area (Å²) in [5.74, 6) is 5.83. The van der Waals surface area contributed by atoms with Crippen LogP contribution in [0.3, 0.4) is 0 Å². The Morgan fingerprint density at radius 3 is 2.89 bits per heavy atom. The zero-order valence-corrected chi connectivity index (χ0v) is 11.1. The van der Waals surface area contributed by atoms with Gasteiger partial charge in [0, 0.05) is 18.9 Å². The van der Waals surface area contributed by atoms with Crippen LogP contribution in [0, 0.1) is 5.82 Å². The molecule has 18 heavy (non-hydrogen) atoms. The molecule has 2 aromatic rings. The van der Waals surface area contributed by atoms with E-state index in [9.17, 15) is 4.39 Å². The molecule has 94 valence electrons. The smallest absolute Gasteiger partial charge is 0.239 e. The highest BCUT2D eigenvalue weighted by Gasteiger charge is 2.11. The second-order valence-corrected chi connectivity index (χ2v) is 4.40. The van der Waals surface area contributed by atoms with Gasteiger partial charge in [0.05, 0.1) is 4.47 Å². The van der Waals surface area contributed by atoms with Crippen LogP contribution in [0.1, 0.15) is 0 Å². The molecule has 0 saturated heterocycles. The Kier molecular flexibility index (Phi) is 3.73. The highest BCUT2D eigenvalue weighted by Crippen LogP contribution is 2.29. The summed E-state index contributed by atoms with van der Waals surface area (Å²) in [4.78, 5) is 9.89. The SMILES string of the molecule is CN(c1cccc(F)c1)c1nc(NN)ncc1Br. The minimum absolute atomic E-state index is 0.288. The maximum absolute atomic E-state index is 13.2. The van der Waals surface area contributed by atoms with Crippen LogP contribution in [0.5, 0.6) is 0 Å². The van der Waals surface area contributed by atoms with Crippen molar-refractivity contribution in [3.05, 3.63) is 40.8 Å². The molecule has 1 aromatic heterocycles. The van der Waals surface area contributed by atoms with Crippen LogP contribution < -0.4 is 16.2 Å². The minimum atomic E-state index is -0.304. The molecule has 0 aliphatic rings. The lowest BCUT2D eigenvalue weighted by molar-refractivity contribution is 0.628. The molecule has 2 rings (SSSR count). The predicted molar refractivity (Wildman–Crippen MR) is 72.0 cm³/mol. The number of nitrogens with zero attached hydrogens (tertiary/aromatic N) is 3. The molecule has 7 heteroatoms. The van der Waals surface area contributed by atoms with Crippen molar-refractivity contribution in [1.29, 1.82) is 0 Å². The summed E-state index contributed by atoms with van der Waals surface area (Å²) in [7, 11) is 1.78. The summed E-state index contributed by atoms with van der Waals surface area (Å²) >= 11 is 3.35. The summed E-state index contributed by atoms with van der Waals surface area (Å²) in [5, 5.41) is 0.